The zero-order chi connectivity index (χ0) is 15.8. The highest BCUT2D eigenvalue weighted by atomic mass is 16.5. The Balaban J connectivity index is 2.87. The number of aromatic nitrogens is 1. The Morgan fingerprint density at radius 2 is 2.24 bits per heavy atom. The summed E-state index contributed by atoms with van der Waals surface area (Å²) in [6, 6.07) is 3.53. The molecule has 0 saturated heterocycles. The summed E-state index contributed by atoms with van der Waals surface area (Å²) in [5, 5.41) is 12.7. The molecule has 1 aromatic rings. The first kappa shape index (κ1) is 17.4. The number of methoxy groups -OCH3 is 1. The third kappa shape index (κ3) is 5.32. The van der Waals surface area contributed by atoms with Gasteiger partial charge in [-0.05, 0) is 18.6 Å². The summed E-state index contributed by atoms with van der Waals surface area (Å²) >= 11 is 0. The van der Waals surface area contributed by atoms with Gasteiger partial charge in [-0.15, -0.1) is 0 Å². The van der Waals surface area contributed by atoms with E-state index in [-0.39, 0.29) is 19.1 Å². The Morgan fingerprint density at radius 3 is 2.81 bits per heavy atom. The molecular weight excluding hydrogens is 270 g/mol. The topological polar surface area (TPSA) is 74.7 Å². The molecule has 0 aliphatic carbocycles. The molecule has 0 bridgehead atoms. The smallest absolute Gasteiger partial charge is 0.253 e. The van der Waals surface area contributed by atoms with Crippen LogP contribution in [0.15, 0.2) is 12.1 Å². The highest BCUT2D eigenvalue weighted by Gasteiger charge is 2.17. The second-order valence-corrected chi connectivity index (χ2v) is 5.03. The van der Waals surface area contributed by atoms with Gasteiger partial charge in [0.2, 0.25) is 0 Å². The molecule has 1 heterocycles. The first-order valence-electron chi connectivity index (χ1n) is 7.13. The van der Waals surface area contributed by atoms with Crippen LogP contribution in [0.4, 0.5) is 5.82 Å². The van der Waals surface area contributed by atoms with E-state index in [1.165, 1.54) is 12.0 Å². The van der Waals surface area contributed by atoms with E-state index in [1.807, 2.05) is 6.07 Å². The molecule has 1 amide bonds. The SMILES string of the molecule is CCCc1cc(C(=O)N(C)CC(O)COC)cc(NC)n1. The average Bonchev–Trinajstić information content (AvgIpc) is 2.46. The number of rotatable bonds is 8. The number of ether oxygens (including phenoxy) is 1. The van der Waals surface area contributed by atoms with Crippen LogP contribution in [0.2, 0.25) is 0 Å². The standard InChI is InChI=1S/C15H25N3O3/c1-5-6-12-7-11(8-14(16-2)17-12)15(20)18(3)9-13(19)10-21-4/h7-8,13,19H,5-6,9-10H2,1-4H3,(H,16,17). The van der Waals surface area contributed by atoms with Crippen LogP contribution in [0.3, 0.4) is 0 Å². The Bertz CT molecular complexity index is 465. The Labute approximate surface area is 126 Å². The lowest BCUT2D eigenvalue weighted by atomic mass is 10.1. The Kier molecular flexibility index (Phi) is 7.11. The normalized spacial score (nSPS) is 12.0. The van der Waals surface area contributed by atoms with Crippen molar-refractivity contribution < 1.29 is 14.6 Å². The molecule has 0 fully saturated rings. The number of aliphatic hydroxyl groups excluding tert-OH is 1. The summed E-state index contributed by atoms with van der Waals surface area (Å²) in [6.45, 7) is 2.51. The molecule has 2 N–H and O–H groups in total. The van der Waals surface area contributed by atoms with Gasteiger partial charge in [0, 0.05) is 39.0 Å². The van der Waals surface area contributed by atoms with Crippen LogP contribution < -0.4 is 5.32 Å². The molecule has 21 heavy (non-hydrogen) atoms. The van der Waals surface area contributed by atoms with Gasteiger partial charge in [-0.2, -0.15) is 0 Å². The van der Waals surface area contributed by atoms with Gasteiger partial charge in [-0.3, -0.25) is 4.79 Å². The molecule has 0 saturated carbocycles. The van der Waals surface area contributed by atoms with E-state index >= 15 is 0 Å². The minimum Gasteiger partial charge on any atom is -0.389 e. The molecule has 1 atom stereocenters. The molecule has 1 rings (SSSR count). The van der Waals surface area contributed by atoms with E-state index in [2.05, 4.69) is 17.2 Å². The monoisotopic (exact) mass is 295 g/mol. The van der Waals surface area contributed by atoms with E-state index in [0.29, 0.717) is 11.4 Å². The van der Waals surface area contributed by atoms with Crippen molar-refractivity contribution in [2.75, 3.05) is 39.7 Å². The number of pyridine rings is 1. The van der Waals surface area contributed by atoms with Gasteiger partial charge in [0.05, 0.1) is 12.7 Å². The molecular formula is C15H25N3O3. The number of carbonyl (C=O) groups excluding carboxylic acids is 1. The van der Waals surface area contributed by atoms with Crippen molar-refractivity contribution in [2.24, 2.45) is 0 Å². The van der Waals surface area contributed by atoms with E-state index in [9.17, 15) is 9.90 Å². The van der Waals surface area contributed by atoms with Gasteiger partial charge in [0.1, 0.15) is 5.82 Å². The Morgan fingerprint density at radius 1 is 1.52 bits per heavy atom. The minimum atomic E-state index is -0.690. The average molecular weight is 295 g/mol. The van der Waals surface area contributed by atoms with E-state index in [0.717, 1.165) is 18.5 Å². The van der Waals surface area contributed by atoms with Crippen molar-refractivity contribution in [3.8, 4) is 0 Å². The maximum Gasteiger partial charge on any atom is 0.253 e. The molecule has 0 radical (unpaired) electrons. The van der Waals surface area contributed by atoms with E-state index in [1.54, 1.807) is 20.2 Å². The second kappa shape index (κ2) is 8.59. The number of likely N-dealkylation sites (N-methyl/N-ethyl adjacent to an activating group) is 1. The van der Waals surface area contributed by atoms with Gasteiger partial charge in [0.25, 0.3) is 5.91 Å². The molecule has 1 aromatic heterocycles. The number of nitrogens with one attached hydrogen (secondary N) is 1. The third-order valence-corrected chi connectivity index (χ3v) is 3.08. The van der Waals surface area contributed by atoms with Gasteiger partial charge >= 0.3 is 0 Å². The lowest BCUT2D eigenvalue weighted by Gasteiger charge is -2.21. The summed E-state index contributed by atoms with van der Waals surface area (Å²) < 4.78 is 4.87. The predicted molar refractivity (Wildman–Crippen MR) is 82.6 cm³/mol. The summed E-state index contributed by atoms with van der Waals surface area (Å²) in [7, 11) is 4.96. The van der Waals surface area contributed by atoms with Crippen LogP contribution in [0, 0.1) is 0 Å². The van der Waals surface area contributed by atoms with Crippen molar-refractivity contribution >= 4 is 11.7 Å². The first-order valence-corrected chi connectivity index (χ1v) is 7.13. The lowest BCUT2D eigenvalue weighted by Crippen LogP contribution is -2.36. The van der Waals surface area contributed by atoms with Crippen molar-refractivity contribution in [3.63, 3.8) is 0 Å². The second-order valence-electron chi connectivity index (χ2n) is 5.03. The molecule has 0 spiro atoms. The lowest BCUT2D eigenvalue weighted by molar-refractivity contribution is 0.0380. The summed E-state index contributed by atoms with van der Waals surface area (Å²) in [5.74, 6) is 0.538. The molecule has 6 heteroatoms. The quantitative estimate of drug-likeness (QED) is 0.752. The number of hydrogen-bond acceptors (Lipinski definition) is 5. The van der Waals surface area contributed by atoms with Crippen LogP contribution in [0.25, 0.3) is 0 Å². The first-order chi connectivity index (χ1) is 10.0. The maximum absolute atomic E-state index is 12.4. The van der Waals surface area contributed by atoms with Crippen molar-refractivity contribution in [1.29, 1.82) is 0 Å². The van der Waals surface area contributed by atoms with Gasteiger partial charge in [-0.1, -0.05) is 13.3 Å². The fraction of sp³-hybridized carbons (Fsp3) is 0.600. The molecule has 6 nitrogen and oxygen atoms in total. The van der Waals surface area contributed by atoms with Crippen molar-refractivity contribution in [1.82, 2.24) is 9.88 Å². The molecule has 0 aliphatic rings. The number of amides is 1. The van der Waals surface area contributed by atoms with Crippen LogP contribution in [0.5, 0.6) is 0 Å². The predicted octanol–water partition coefficient (Wildman–Crippen LogP) is 1.16. The number of carbonyl (C=O) groups is 1. The molecule has 118 valence electrons. The fourth-order valence-electron chi connectivity index (χ4n) is 2.09. The minimum absolute atomic E-state index is 0.138. The zero-order valence-electron chi connectivity index (χ0n) is 13.2. The summed E-state index contributed by atoms with van der Waals surface area (Å²) in [6.07, 6.45) is 1.10. The Hall–Kier alpha value is -1.66. The summed E-state index contributed by atoms with van der Waals surface area (Å²) in [4.78, 5) is 18.3. The van der Waals surface area contributed by atoms with Crippen molar-refractivity contribution in [2.45, 2.75) is 25.9 Å². The van der Waals surface area contributed by atoms with Crippen LogP contribution >= 0.6 is 0 Å². The van der Waals surface area contributed by atoms with Crippen LogP contribution in [0.1, 0.15) is 29.4 Å². The molecule has 0 aromatic carbocycles. The number of aliphatic hydroxyl groups is 1. The summed E-state index contributed by atoms with van der Waals surface area (Å²) in [5.41, 5.74) is 1.46. The number of aryl methyl sites for hydroxylation is 1. The maximum atomic E-state index is 12.4. The van der Waals surface area contributed by atoms with Crippen LogP contribution in [-0.2, 0) is 11.2 Å². The molecule has 1 unspecified atom stereocenters. The number of hydrogen-bond donors (Lipinski definition) is 2. The van der Waals surface area contributed by atoms with E-state index in [4.69, 9.17) is 4.74 Å². The van der Waals surface area contributed by atoms with Crippen molar-refractivity contribution in [3.05, 3.63) is 23.4 Å². The van der Waals surface area contributed by atoms with Gasteiger partial charge in [-0.25, -0.2) is 4.98 Å². The van der Waals surface area contributed by atoms with Gasteiger partial charge < -0.3 is 20.1 Å². The van der Waals surface area contributed by atoms with Crippen LogP contribution in [-0.4, -0.2) is 61.4 Å². The zero-order valence-corrected chi connectivity index (χ0v) is 13.2. The van der Waals surface area contributed by atoms with E-state index < -0.39 is 6.10 Å². The fourth-order valence-corrected chi connectivity index (χ4v) is 2.09. The highest BCUT2D eigenvalue weighted by Crippen LogP contribution is 2.13. The largest absolute Gasteiger partial charge is 0.389 e. The molecule has 0 aliphatic heterocycles. The number of nitrogens with zero attached hydrogens (tertiary/aromatic N) is 2. The third-order valence-electron chi connectivity index (χ3n) is 3.08. The number of anilines is 1. The van der Waals surface area contributed by atoms with Gasteiger partial charge in [0.15, 0.2) is 0 Å². The highest BCUT2D eigenvalue weighted by molar-refractivity contribution is 5.94.